The lowest BCUT2D eigenvalue weighted by Crippen LogP contribution is -2.43. The molecule has 0 bridgehead atoms. The molecule has 2 amide bonds. The molecular weight excluding hydrogens is 216 g/mol. The van der Waals surface area contributed by atoms with Crippen molar-refractivity contribution in [3.8, 4) is 0 Å². The number of nitrogens with two attached hydrogens (primary N) is 1. The van der Waals surface area contributed by atoms with Gasteiger partial charge in [-0.05, 0) is 37.0 Å². The van der Waals surface area contributed by atoms with Crippen molar-refractivity contribution in [2.75, 3.05) is 6.54 Å². The van der Waals surface area contributed by atoms with Gasteiger partial charge in [-0.1, -0.05) is 13.8 Å². The quantitative estimate of drug-likeness (QED) is 0.802. The SMILES string of the molecule is CC(C)CCC(=O)N1CC2(CC2)C[C@H]1C(N)=O. The van der Waals surface area contributed by atoms with Crippen LogP contribution in [0.2, 0.25) is 0 Å². The zero-order valence-electron chi connectivity index (χ0n) is 10.7. The van der Waals surface area contributed by atoms with Crippen LogP contribution in [0.4, 0.5) is 0 Å². The number of amides is 2. The van der Waals surface area contributed by atoms with E-state index in [1.54, 1.807) is 4.90 Å². The zero-order valence-corrected chi connectivity index (χ0v) is 10.7. The minimum Gasteiger partial charge on any atom is -0.368 e. The average Bonchev–Trinajstić information content (AvgIpc) is 2.86. The molecule has 2 rings (SSSR count). The topological polar surface area (TPSA) is 63.4 Å². The Morgan fingerprint density at radius 3 is 2.53 bits per heavy atom. The van der Waals surface area contributed by atoms with E-state index in [9.17, 15) is 9.59 Å². The molecule has 0 aromatic carbocycles. The Hall–Kier alpha value is -1.06. The summed E-state index contributed by atoms with van der Waals surface area (Å²) in [5, 5.41) is 0. The van der Waals surface area contributed by atoms with E-state index in [0.717, 1.165) is 32.2 Å². The predicted octanol–water partition coefficient (Wildman–Crippen LogP) is 1.29. The average molecular weight is 238 g/mol. The molecule has 0 radical (unpaired) electrons. The number of hydrogen-bond donors (Lipinski definition) is 1. The molecule has 2 aliphatic rings. The van der Waals surface area contributed by atoms with Crippen LogP contribution in [-0.4, -0.2) is 29.3 Å². The molecule has 4 heteroatoms. The summed E-state index contributed by atoms with van der Waals surface area (Å²) in [5.74, 6) is 0.279. The van der Waals surface area contributed by atoms with Gasteiger partial charge < -0.3 is 10.6 Å². The predicted molar refractivity (Wildman–Crippen MR) is 65.1 cm³/mol. The van der Waals surface area contributed by atoms with Crippen molar-refractivity contribution >= 4 is 11.8 Å². The minimum absolute atomic E-state index is 0.103. The van der Waals surface area contributed by atoms with Gasteiger partial charge in [-0.25, -0.2) is 0 Å². The van der Waals surface area contributed by atoms with Crippen molar-refractivity contribution in [3.05, 3.63) is 0 Å². The van der Waals surface area contributed by atoms with Crippen molar-refractivity contribution in [1.82, 2.24) is 4.90 Å². The van der Waals surface area contributed by atoms with Crippen LogP contribution in [0.3, 0.4) is 0 Å². The van der Waals surface area contributed by atoms with E-state index in [1.165, 1.54) is 0 Å². The lowest BCUT2D eigenvalue weighted by molar-refractivity contribution is -0.137. The number of carbonyl (C=O) groups excluding carboxylic acids is 2. The van der Waals surface area contributed by atoms with Crippen molar-refractivity contribution in [2.24, 2.45) is 17.1 Å². The van der Waals surface area contributed by atoms with Crippen LogP contribution < -0.4 is 5.73 Å². The highest BCUT2D eigenvalue weighted by atomic mass is 16.2. The summed E-state index contributed by atoms with van der Waals surface area (Å²) >= 11 is 0. The molecule has 0 aromatic rings. The molecule has 1 spiro atoms. The first kappa shape index (κ1) is 12.4. The monoisotopic (exact) mass is 238 g/mol. The zero-order chi connectivity index (χ0) is 12.6. The molecule has 96 valence electrons. The summed E-state index contributed by atoms with van der Waals surface area (Å²) in [6.45, 7) is 4.95. The third kappa shape index (κ3) is 2.61. The molecule has 17 heavy (non-hydrogen) atoms. The maximum absolute atomic E-state index is 12.1. The van der Waals surface area contributed by atoms with Crippen molar-refractivity contribution in [2.45, 2.75) is 52.0 Å². The molecule has 1 heterocycles. The van der Waals surface area contributed by atoms with E-state index in [2.05, 4.69) is 13.8 Å². The first-order valence-corrected chi connectivity index (χ1v) is 6.52. The van der Waals surface area contributed by atoms with E-state index in [4.69, 9.17) is 5.73 Å². The minimum atomic E-state index is -0.350. The fourth-order valence-electron chi connectivity index (χ4n) is 2.67. The maximum Gasteiger partial charge on any atom is 0.240 e. The Bertz CT molecular complexity index is 334. The summed E-state index contributed by atoms with van der Waals surface area (Å²) in [6, 6.07) is -0.350. The second kappa shape index (κ2) is 4.31. The van der Waals surface area contributed by atoms with E-state index < -0.39 is 0 Å². The second-order valence-electron chi connectivity index (χ2n) is 6.08. The Labute approximate surface area is 103 Å². The molecule has 1 aliphatic carbocycles. The normalized spacial score (nSPS) is 25.6. The van der Waals surface area contributed by atoms with Crippen molar-refractivity contribution in [1.29, 1.82) is 0 Å². The third-order valence-electron chi connectivity index (χ3n) is 4.05. The number of hydrogen-bond acceptors (Lipinski definition) is 2. The lowest BCUT2D eigenvalue weighted by atomic mass is 10.0. The van der Waals surface area contributed by atoms with Crippen LogP contribution in [0.15, 0.2) is 0 Å². The highest BCUT2D eigenvalue weighted by Crippen LogP contribution is 2.54. The number of primary amides is 1. The highest BCUT2D eigenvalue weighted by Gasteiger charge is 2.54. The molecule has 1 atom stereocenters. The van der Waals surface area contributed by atoms with Crippen LogP contribution in [-0.2, 0) is 9.59 Å². The Morgan fingerprint density at radius 1 is 1.41 bits per heavy atom. The maximum atomic E-state index is 12.1. The molecule has 0 unspecified atom stereocenters. The third-order valence-corrected chi connectivity index (χ3v) is 4.05. The Kier molecular flexibility index (Phi) is 3.15. The van der Waals surface area contributed by atoms with Gasteiger partial charge in [-0.2, -0.15) is 0 Å². The van der Waals surface area contributed by atoms with Gasteiger partial charge in [0.1, 0.15) is 6.04 Å². The summed E-state index contributed by atoms with van der Waals surface area (Å²) in [7, 11) is 0. The van der Waals surface area contributed by atoms with E-state index >= 15 is 0 Å². The van der Waals surface area contributed by atoms with Crippen molar-refractivity contribution in [3.63, 3.8) is 0 Å². The second-order valence-corrected chi connectivity index (χ2v) is 6.08. The molecule has 2 N–H and O–H groups in total. The molecule has 1 saturated carbocycles. The molecule has 4 nitrogen and oxygen atoms in total. The van der Waals surface area contributed by atoms with E-state index in [0.29, 0.717) is 12.3 Å². The van der Waals surface area contributed by atoms with Gasteiger partial charge >= 0.3 is 0 Å². The van der Waals surface area contributed by atoms with Crippen LogP contribution in [0.25, 0.3) is 0 Å². The lowest BCUT2D eigenvalue weighted by Gasteiger charge is -2.22. The van der Waals surface area contributed by atoms with Gasteiger partial charge in [0.15, 0.2) is 0 Å². The fourth-order valence-corrected chi connectivity index (χ4v) is 2.67. The van der Waals surface area contributed by atoms with E-state index in [-0.39, 0.29) is 23.3 Å². The first-order valence-electron chi connectivity index (χ1n) is 6.52. The number of likely N-dealkylation sites (tertiary alicyclic amines) is 1. The van der Waals surface area contributed by atoms with Gasteiger partial charge in [0, 0.05) is 13.0 Å². The number of carbonyl (C=O) groups is 2. The fraction of sp³-hybridized carbons (Fsp3) is 0.846. The van der Waals surface area contributed by atoms with Crippen LogP contribution >= 0.6 is 0 Å². The van der Waals surface area contributed by atoms with Crippen LogP contribution in [0, 0.1) is 11.3 Å². The van der Waals surface area contributed by atoms with E-state index in [1.807, 2.05) is 0 Å². The summed E-state index contributed by atoms with van der Waals surface area (Å²) in [6.07, 6.45) is 4.50. The molecular formula is C13H22N2O2. The Morgan fingerprint density at radius 2 is 2.06 bits per heavy atom. The molecule has 2 fully saturated rings. The number of rotatable bonds is 4. The smallest absolute Gasteiger partial charge is 0.240 e. The largest absolute Gasteiger partial charge is 0.368 e. The first-order chi connectivity index (χ1) is 7.93. The van der Waals surface area contributed by atoms with Gasteiger partial charge in [0.25, 0.3) is 0 Å². The van der Waals surface area contributed by atoms with Gasteiger partial charge in [0.05, 0.1) is 0 Å². The summed E-state index contributed by atoms with van der Waals surface area (Å²) < 4.78 is 0. The van der Waals surface area contributed by atoms with Crippen molar-refractivity contribution < 1.29 is 9.59 Å². The molecule has 1 aliphatic heterocycles. The standard InChI is InChI=1S/C13H22N2O2/c1-9(2)3-4-11(16)15-8-13(5-6-13)7-10(15)12(14)17/h9-10H,3-8H2,1-2H3,(H2,14,17)/t10-/m0/s1. The van der Waals surface area contributed by atoms with Crippen LogP contribution in [0.1, 0.15) is 46.0 Å². The molecule has 0 aromatic heterocycles. The van der Waals surface area contributed by atoms with Gasteiger partial charge in [-0.15, -0.1) is 0 Å². The number of nitrogens with zero attached hydrogens (tertiary/aromatic N) is 1. The van der Waals surface area contributed by atoms with Gasteiger partial charge in [0.2, 0.25) is 11.8 Å². The Balaban J connectivity index is 1.97. The summed E-state index contributed by atoms with van der Waals surface area (Å²) in [4.78, 5) is 25.2. The molecule has 1 saturated heterocycles. The highest BCUT2D eigenvalue weighted by molar-refractivity contribution is 5.87. The van der Waals surface area contributed by atoms with Crippen LogP contribution in [0.5, 0.6) is 0 Å². The summed E-state index contributed by atoms with van der Waals surface area (Å²) in [5.41, 5.74) is 5.64. The van der Waals surface area contributed by atoms with Gasteiger partial charge in [-0.3, -0.25) is 9.59 Å².